The van der Waals surface area contributed by atoms with Crippen LogP contribution in [0.4, 0.5) is 5.00 Å². The number of anilines is 1. The molecule has 0 spiro atoms. The summed E-state index contributed by atoms with van der Waals surface area (Å²) in [5, 5.41) is 3.37. The van der Waals surface area contributed by atoms with Gasteiger partial charge in [-0.15, -0.1) is 11.3 Å². The van der Waals surface area contributed by atoms with Crippen LogP contribution in [0.25, 0.3) is 0 Å². The summed E-state index contributed by atoms with van der Waals surface area (Å²) in [6.45, 7) is 3.93. The van der Waals surface area contributed by atoms with Gasteiger partial charge in [-0.05, 0) is 81.0 Å². The molecule has 34 heavy (non-hydrogen) atoms. The molecule has 0 radical (unpaired) electrons. The Morgan fingerprint density at radius 2 is 1.82 bits per heavy atom. The van der Waals surface area contributed by atoms with E-state index in [4.69, 9.17) is 13.9 Å². The molecule has 0 saturated heterocycles. The average molecular weight is 482 g/mol. The molecule has 1 aromatic carbocycles. The van der Waals surface area contributed by atoms with Crippen molar-refractivity contribution in [3.63, 3.8) is 0 Å². The number of hydrogen-bond acceptors (Lipinski definition) is 7. The van der Waals surface area contributed by atoms with E-state index < -0.39 is 5.91 Å². The number of amides is 1. The minimum atomic E-state index is -0.430. The number of furan rings is 1. The highest BCUT2D eigenvalue weighted by Crippen LogP contribution is 2.39. The van der Waals surface area contributed by atoms with E-state index in [1.54, 1.807) is 36.4 Å². The summed E-state index contributed by atoms with van der Waals surface area (Å²) < 4.78 is 16.7. The Balaban J connectivity index is 1.44. The zero-order valence-electron chi connectivity index (χ0n) is 19.3. The van der Waals surface area contributed by atoms with Crippen LogP contribution in [0.1, 0.15) is 80.6 Å². The van der Waals surface area contributed by atoms with E-state index in [1.165, 1.54) is 18.3 Å². The molecule has 8 heteroatoms. The van der Waals surface area contributed by atoms with Crippen molar-refractivity contribution in [1.29, 1.82) is 0 Å². The molecular formula is C26H27NO6S. The van der Waals surface area contributed by atoms with Gasteiger partial charge >= 0.3 is 5.97 Å². The maximum atomic E-state index is 12.9. The molecule has 4 rings (SSSR count). The lowest BCUT2D eigenvalue weighted by molar-refractivity contribution is 0.0505. The fourth-order valence-electron chi connectivity index (χ4n) is 3.82. The van der Waals surface area contributed by atoms with E-state index in [0.717, 1.165) is 42.5 Å². The van der Waals surface area contributed by atoms with Gasteiger partial charge < -0.3 is 19.2 Å². The quantitative estimate of drug-likeness (QED) is 0.306. The van der Waals surface area contributed by atoms with Gasteiger partial charge in [0.2, 0.25) is 0 Å². The Hall–Kier alpha value is -3.39. The van der Waals surface area contributed by atoms with Crippen LogP contribution in [-0.2, 0) is 24.2 Å². The molecule has 0 aliphatic heterocycles. The smallest absolute Gasteiger partial charge is 0.341 e. The summed E-state index contributed by atoms with van der Waals surface area (Å²) in [5.41, 5.74) is 2.08. The molecule has 3 aromatic rings. The second kappa shape index (κ2) is 10.7. The number of aryl methyl sites for hydroxylation is 1. The lowest BCUT2D eigenvalue weighted by Crippen LogP contribution is -2.15. The molecule has 2 heterocycles. The third-order valence-corrected chi connectivity index (χ3v) is 6.77. The number of Topliss-reactive ketones (excluding diaryl/α,β-unsaturated/α-hetero) is 1. The van der Waals surface area contributed by atoms with E-state index in [1.807, 2.05) is 6.92 Å². The summed E-state index contributed by atoms with van der Waals surface area (Å²) in [6, 6.07) is 10.1. The van der Waals surface area contributed by atoms with E-state index >= 15 is 0 Å². The van der Waals surface area contributed by atoms with Gasteiger partial charge in [-0.3, -0.25) is 9.59 Å². The number of carbonyl (C=O) groups excluding carboxylic acids is 3. The summed E-state index contributed by atoms with van der Waals surface area (Å²) in [6.07, 6.45) is 4.54. The van der Waals surface area contributed by atoms with Gasteiger partial charge in [0.05, 0.1) is 12.2 Å². The van der Waals surface area contributed by atoms with Gasteiger partial charge in [0.25, 0.3) is 5.91 Å². The molecule has 0 unspecified atom stereocenters. The Bertz CT molecular complexity index is 1190. The van der Waals surface area contributed by atoms with Crippen molar-refractivity contribution in [3.05, 3.63) is 69.5 Å². The van der Waals surface area contributed by atoms with Crippen molar-refractivity contribution >= 4 is 34.0 Å². The molecule has 178 valence electrons. The normalized spacial score (nSPS) is 12.6. The standard InChI is InChI=1S/C26H27NO6S/c1-3-14-31-26(30)23-20-6-4-5-7-22(20)34-25(23)27-24(29)21-13-12-19(33-21)15-32-18-10-8-17(9-11-18)16(2)28/h8-13H,3-7,14-15H2,1-2H3,(H,27,29). The van der Waals surface area contributed by atoms with Crippen molar-refractivity contribution in [2.24, 2.45) is 0 Å². The summed E-state index contributed by atoms with van der Waals surface area (Å²) in [5.74, 6) is 0.369. The van der Waals surface area contributed by atoms with Gasteiger partial charge in [-0.1, -0.05) is 6.92 Å². The van der Waals surface area contributed by atoms with Gasteiger partial charge in [0, 0.05) is 10.4 Å². The van der Waals surface area contributed by atoms with Gasteiger partial charge in [-0.2, -0.15) is 0 Å². The number of esters is 1. The van der Waals surface area contributed by atoms with Crippen molar-refractivity contribution < 1.29 is 28.3 Å². The minimum Gasteiger partial charge on any atom is -0.486 e. The predicted molar refractivity (Wildman–Crippen MR) is 129 cm³/mol. The van der Waals surface area contributed by atoms with Crippen molar-refractivity contribution in [2.75, 3.05) is 11.9 Å². The number of ketones is 1. The van der Waals surface area contributed by atoms with Crippen LogP contribution in [0.5, 0.6) is 5.75 Å². The van der Waals surface area contributed by atoms with E-state index in [2.05, 4.69) is 5.32 Å². The van der Waals surface area contributed by atoms with Crippen molar-refractivity contribution in [1.82, 2.24) is 0 Å². The maximum absolute atomic E-state index is 12.9. The van der Waals surface area contributed by atoms with Crippen LogP contribution in [0.15, 0.2) is 40.8 Å². The first-order valence-electron chi connectivity index (χ1n) is 11.4. The van der Waals surface area contributed by atoms with Gasteiger partial charge in [-0.25, -0.2) is 4.79 Å². The largest absolute Gasteiger partial charge is 0.486 e. The van der Waals surface area contributed by atoms with E-state index in [9.17, 15) is 14.4 Å². The lowest BCUT2D eigenvalue weighted by atomic mass is 9.95. The van der Waals surface area contributed by atoms with Gasteiger partial charge in [0.1, 0.15) is 23.1 Å². The van der Waals surface area contributed by atoms with Crippen LogP contribution in [0, 0.1) is 0 Å². The Labute approximate surface area is 202 Å². The first-order valence-corrected chi connectivity index (χ1v) is 12.2. The summed E-state index contributed by atoms with van der Waals surface area (Å²) in [4.78, 5) is 38.1. The molecular weight excluding hydrogens is 454 g/mol. The number of ether oxygens (including phenoxy) is 2. The highest BCUT2D eigenvalue weighted by Gasteiger charge is 2.28. The third kappa shape index (κ3) is 5.39. The Morgan fingerprint density at radius 3 is 2.56 bits per heavy atom. The highest BCUT2D eigenvalue weighted by atomic mass is 32.1. The maximum Gasteiger partial charge on any atom is 0.341 e. The number of carbonyl (C=O) groups is 3. The molecule has 0 fully saturated rings. The zero-order valence-corrected chi connectivity index (χ0v) is 20.1. The van der Waals surface area contributed by atoms with E-state index in [0.29, 0.717) is 34.2 Å². The third-order valence-electron chi connectivity index (χ3n) is 5.57. The average Bonchev–Trinajstić information content (AvgIpc) is 3.46. The van der Waals surface area contributed by atoms with Crippen LogP contribution < -0.4 is 10.1 Å². The highest BCUT2D eigenvalue weighted by molar-refractivity contribution is 7.17. The number of benzene rings is 1. The number of thiophene rings is 1. The molecule has 1 amide bonds. The summed E-state index contributed by atoms with van der Waals surface area (Å²) >= 11 is 1.44. The minimum absolute atomic E-state index is 0.0124. The van der Waals surface area contributed by atoms with Gasteiger partial charge in [0.15, 0.2) is 11.5 Å². The predicted octanol–water partition coefficient (Wildman–Crippen LogP) is 5.82. The zero-order chi connectivity index (χ0) is 24.1. The van der Waals surface area contributed by atoms with Crippen molar-refractivity contribution in [3.8, 4) is 5.75 Å². The topological polar surface area (TPSA) is 94.8 Å². The van der Waals surface area contributed by atoms with Crippen LogP contribution in [0.3, 0.4) is 0 Å². The first-order chi connectivity index (χ1) is 16.5. The second-order valence-corrected chi connectivity index (χ2v) is 9.25. The molecule has 1 N–H and O–H groups in total. The number of hydrogen-bond donors (Lipinski definition) is 1. The van der Waals surface area contributed by atoms with Crippen LogP contribution >= 0.6 is 11.3 Å². The molecule has 0 saturated carbocycles. The number of rotatable bonds is 9. The van der Waals surface area contributed by atoms with Crippen LogP contribution in [0.2, 0.25) is 0 Å². The Morgan fingerprint density at radius 1 is 1.06 bits per heavy atom. The molecule has 0 bridgehead atoms. The molecule has 1 aliphatic rings. The monoisotopic (exact) mass is 481 g/mol. The second-order valence-electron chi connectivity index (χ2n) is 8.14. The number of nitrogens with one attached hydrogen (secondary N) is 1. The molecule has 7 nitrogen and oxygen atoms in total. The van der Waals surface area contributed by atoms with Crippen LogP contribution in [-0.4, -0.2) is 24.3 Å². The molecule has 2 aromatic heterocycles. The lowest BCUT2D eigenvalue weighted by Gasteiger charge is -2.12. The fourth-order valence-corrected chi connectivity index (χ4v) is 5.09. The number of fused-ring (bicyclic) bond motifs is 1. The fraction of sp³-hybridized carbons (Fsp3) is 0.346. The van der Waals surface area contributed by atoms with Crippen molar-refractivity contribution in [2.45, 2.75) is 52.6 Å². The first kappa shape index (κ1) is 23.8. The van der Waals surface area contributed by atoms with E-state index in [-0.39, 0.29) is 24.1 Å². The Kier molecular flexibility index (Phi) is 7.47. The summed E-state index contributed by atoms with van der Waals surface area (Å²) in [7, 11) is 0. The SMILES string of the molecule is CCCOC(=O)c1c(NC(=O)c2ccc(COc3ccc(C(C)=O)cc3)o2)sc2c1CCCC2. The molecule has 1 aliphatic carbocycles. The molecule has 0 atom stereocenters.